The number of rotatable bonds is 5. The first-order chi connectivity index (χ1) is 11.4. The highest BCUT2D eigenvalue weighted by molar-refractivity contribution is 5.96. The monoisotopic (exact) mass is 332 g/mol. The molecule has 0 unspecified atom stereocenters. The topological polar surface area (TPSA) is 98.5 Å². The van der Waals surface area contributed by atoms with Gasteiger partial charge in [0.05, 0.1) is 10.5 Å². The zero-order valence-corrected chi connectivity index (χ0v) is 12.6. The molecule has 7 nitrogen and oxygen atoms in total. The number of anilines is 1. The Kier molecular flexibility index (Phi) is 5.20. The third kappa shape index (κ3) is 4.13. The van der Waals surface area contributed by atoms with E-state index in [0.717, 1.165) is 12.1 Å². The minimum atomic E-state index is -0.795. The maximum atomic E-state index is 13.4. The van der Waals surface area contributed by atoms with Crippen LogP contribution in [0.15, 0.2) is 42.5 Å². The van der Waals surface area contributed by atoms with Crippen molar-refractivity contribution < 1.29 is 23.6 Å². The van der Waals surface area contributed by atoms with Gasteiger partial charge in [-0.05, 0) is 31.2 Å². The average molecular weight is 332 g/mol. The summed E-state index contributed by atoms with van der Waals surface area (Å²) < 4.78 is 18.2. The van der Waals surface area contributed by atoms with E-state index >= 15 is 0 Å². The second kappa shape index (κ2) is 7.32. The van der Waals surface area contributed by atoms with Crippen molar-refractivity contribution in [3.8, 4) is 0 Å². The third-order valence-corrected chi connectivity index (χ3v) is 3.19. The lowest BCUT2D eigenvalue weighted by Gasteiger charge is -2.09. The van der Waals surface area contributed by atoms with E-state index in [1.54, 1.807) is 0 Å². The first kappa shape index (κ1) is 17.1. The quantitative estimate of drug-likeness (QED) is 0.516. The molecule has 0 saturated heterocycles. The predicted octanol–water partition coefficient (Wildman–Crippen LogP) is 2.84. The van der Waals surface area contributed by atoms with Gasteiger partial charge in [-0.25, -0.2) is 9.18 Å². The van der Waals surface area contributed by atoms with Crippen LogP contribution in [0.25, 0.3) is 0 Å². The molecule has 24 heavy (non-hydrogen) atoms. The molecule has 0 aliphatic rings. The average Bonchev–Trinajstić information content (AvgIpc) is 2.57. The number of nitrogens with one attached hydrogen (secondary N) is 1. The summed E-state index contributed by atoms with van der Waals surface area (Å²) in [5.74, 6) is -1.88. The van der Waals surface area contributed by atoms with Crippen molar-refractivity contribution in [2.75, 3.05) is 11.9 Å². The fourth-order valence-electron chi connectivity index (χ4n) is 1.86. The molecule has 0 atom stereocenters. The van der Waals surface area contributed by atoms with Gasteiger partial charge in [-0.15, -0.1) is 0 Å². The van der Waals surface area contributed by atoms with Crippen LogP contribution in [0.2, 0.25) is 0 Å². The minimum absolute atomic E-state index is 0.0790. The number of nitro benzene ring substituents is 1. The Morgan fingerprint density at radius 3 is 2.50 bits per heavy atom. The Hall–Kier alpha value is -3.29. The van der Waals surface area contributed by atoms with Gasteiger partial charge in [0.15, 0.2) is 6.61 Å². The van der Waals surface area contributed by atoms with Crippen molar-refractivity contribution >= 4 is 23.3 Å². The molecule has 1 N–H and O–H groups in total. The van der Waals surface area contributed by atoms with Gasteiger partial charge < -0.3 is 10.1 Å². The van der Waals surface area contributed by atoms with Gasteiger partial charge in [0.2, 0.25) is 0 Å². The summed E-state index contributed by atoms with van der Waals surface area (Å²) in [6.45, 7) is 0.944. The molecule has 0 spiro atoms. The summed E-state index contributed by atoms with van der Waals surface area (Å²) in [6, 6.07) is 9.01. The van der Waals surface area contributed by atoms with Gasteiger partial charge in [-0.2, -0.15) is 0 Å². The maximum Gasteiger partial charge on any atom is 0.338 e. The van der Waals surface area contributed by atoms with Gasteiger partial charge >= 0.3 is 5.97 Å². The third-order valence-electron chi connectivity index (χ3n) is 3.19. The van der Waals surface area contributed by atoms with Crippen molar-refractivity contribution in [3.05, 3.63) is 69.5 Å². The number of ether oxygens (including phenoxy) is 1. The number of hydrogen-bond donors (Lipinski definition) is 1. The minimum Gasteiger partial charge on any atom is -0.452 e. The molecule has 8 heteroatoms. The number of benzene rings is 2. The Morgan fingerprint density at radius 1 is 1.21 bits per heavy atom. The lowest BCUT2D eigenvalue weighted by Crippen LogP contribution is -2.21. The Morgan fingerprint density at radius 2 is 1.88 bits per heavy atom. The molecule has 0 aromatic heterocycles. The molecule has 0 heterocycles. The van der Waals surface area contributed by atoms with Crippen LogP contribution in [0, 0.1) is 22.9 Å². The second-order valence-corrected chi connectivity index (χ2v) is 4.84. The zero-order valence-electron chi connectivity index (χ0n) is 12.6. The SMILES string of the molecule is Cc1c(F)cccc1NC(=O)COC(=O)c1ccc([N+](=O)[O-])cc1. The van der Waals surface area contributed by atoms with Crippen molar-refractivity contribution in [3.63, 3.8) is 0 Å². The second-order valence-electron chi connectivity index (χ2n) is 4.84. The van der Waals surface area contributed by atoms with Crippen molar-refractivity contribution in [1.29, 1.82) is 0 Å². The smallest absolute Gasteiger partial charge is 0.338 e. The van der Waals surface area contributed by atoms with E-state index < -0.39 is 29.2 Å². The molecule has 0 aliphatic carbocycles. The molecule has 0 bridgehead atoms. The summed E-state index contributed by atoms with van der Waals surface area (Å²) >= 11 is 0. The van der Waals surface area contributed by atoms with Crippen LogP contribution in [-0.4, -0.2) is 23.4 Å². The molecular formula is C16H13FN2O5. The van der Waals surface area contributed by atoms with Crippen LogP contribution >= 0.6 is 0 Å². The number of nitrogens with zero attached hydrogens (tertiary/aromatic N) is 1. The number of esters is 1. The largest absolute Gasteiger partial charge is 0.452 e. The van der Waals surface area contributed by atoms with Gasteiger partial charge in [0.1, 0.15) is 5.82 Å². The predicted molar refractivity (Wildman–Crippen MR) is 83.1 cm³/mol. The number of halogens is 1. The summed E-state index contributed by atoms with van der Waals surface area (Å²) in [4.78, 5) is 33.5. The number of amides is 1. The van der Waals surface area contributed by atoms with E-state index in [1.165, 1.54) is 37.3 Å². The zero-order chi connectivity index (χ0) is 17.7. The number of nitro groups is 1. The standard InChI is InChI=1S/C16H13FN2O5/c1-10-13(17)3-2-4-14(10)18-15(20)9-24-16(21)11-5-7-12(8-6-11)19(22)23/h2-8H,9H2,1H3,(H,18,20). The summed E-state index contributed by atoms with van der Waals surface area (Å²) in [5.41, 5.74) is 0.472. The van der Waals surface area contributed by atoms with E-state index in [2.05, 4.69) is 5.32 Å². The molecule has 2 aromatic carbocycles. The van der Waals surface area contributed by atoms with Gasteiger partial charge in [0.25, 0.3) is 11.6 Å². The number of hydrogen-bond acceptors (Lipinski definition) is 5. The van der Waals surface area contributed by atoms with E-state index in [1.807, 2.05) is 0 Å². The lowest BCUT2D eigenvalue weighted by atomic mass is 10.2. The molecule has 0 aliphatic heterocycles. The lowest BCUT2D eigenvalue weighted by molar-refractivity contribution is -0.384. The maximum absolute atomic E-state index is 13.4. The molecule has 0 saturated carbocycles. The summed E-state index contributed by atoms with van der Waals surface area (Å²) in [6.07, 6.45) is 0. The fraction of sp³-hybridized carbons (Fsp3) is 0.125. The van der Waals surface area contributed by atoms with E-state index in [9.17, 15) is 24.1 Å². The van der Waals surface area contributed by atoms with Crippen LogP contribution in [0.4, 0.5) is 15.8 Å². The van der Waals surface area contributed by atoms with Crippen LogP contribution < -0.4 is 5.32 Å². The van der Waals surface area contributed by atoms with Crippen molar-refractivity contribution in [1.82, 2.24) is 0 Å². The highest BCUT2D eigenvalue weighted by Gasteiger charge is 2.13. The van der Waals surface area contributed by atoms with E-state index in [-0.39, 0.29) is 22.5 Å². The Balaban J connectivity index is 1.92. The van der Waals surface area contributed by atoms with Crippen LogP contribution in [0.5, 0.6) is 0 Å². The normalized spacial score (nSPS) is 10.1. The summed E-state index contributed by atoms with van der Waals surface area (Å²) in [5, 5.41) is 13.0. The van der Waals surface area contributed by atoms with Crippen molar-refractivity contribution in [2.24, 2.45) is 0 Å². The van der Waals surface area contributed by atoms with Gasteiger partial charge in [0, 0.05) is 23.4 Å². The Bertz CT molecular complexity index is 790. The first-order valence-electron chi connectivity index (χ1n) is 6.85. The highest BCUT2D eigenvalue weighted by atomic mass is 19.1. The highest BCUT2D eigenvalue weighted by Crippen LogP contribution is 2.17. The molecular weight excluding hydrogens is 319 g/mol. The number of non-ortho nitro benzene ring substituents is 1. The van der Waals surface area contributed by atoms with Crippen LogP contribution in [-0.2, 0) is 9.53 Å². The van der Waals surface area contributed by atoms with Crippen LogP contribution in [0.1, 0.15) is 15.9 Å². The molecule has 0 radical (unpaired) electrons. The first-order valence-corrected chi connectivity index (χ1v) is 6.85. The fourth-order valence-corrected chi connectivity index (χ4v) is 1.86. The Labute approximate surface area is 136 Å². The van der Waals surface area contributed by atoms with Crippen molar-refractivity contribution in [2.45, 2.75) is 6.92 Å². The van der Waals surface area contributed by atoms with Crippen LogP contribution in [0.3, 0.4) is 0 Å². The molecule has 2 rings (SSSR count). The van der Waals surface area contributed by atoms with E-state index in [4.69, 9.17) is 4.74 Å². The van der Waals surface area contributed by atoms with E-state index in [0.29, 0.717) is 0 Å². The van der Waals surface area contributed by atoms with Gasteiger partial charge in [-0.3, -0.25) is 14.9 Å². The number of carbonyl (C=O) groups excluding carboxylic acids is 2. The molecule has 0 fully saturated rings. The summed E-state index contributed by atoms with van der Waals surface area (Å²) in [7, 11) is 0. The van der Waals surface area contributed by atoms with Gasteiger partial charge in [-0.1, -0.05) is 6.07 Å². The molecule has 1 amide bonds. The number of carbonyl (C=O) groups is 2. The molecule has 124 valence electrons. The molecule has 2 aromatic rings.